The Morgan fingerprint density at radius 2 is 1.45 bits per heavy atom. The van der Waals surface area contributed by atoms with Crippen LogP contribution in [0.15, 0.2) is 48.6 Å². The lowest BCUT2D eigenvalue weighted by molar-refractivity contribution is -0.870. The van der Waals surface area contributed by atoms with Gasteiger partial charge in [0.2, 0.25) is 5.91 Å². The molecule has 320 valence electrons. The fourth-order valence-corrected chi connectivity index (χ4v) is 7.28. The summed E-state index contributed by atoms with van der Waals surface area (Å²) >= 11 is 0. The number of allylic oxidation sites excluding steroid dienone is 5. The lowest BCUT2D eigenvalue weighted by Crippen LogP contribution is -2.45. The molecule has 5 N–H and O–H groups in total. The van der Waals surface area contributed by atoms with E-state index in [1.807, 2.05) is 45.4 Å². The van der Waals surface area contributed by atoms with E-state index in [1.165, 1.54) is 25.7 Å². The highest BCUT2D eigenvalue weighted by Crippen LogP contribution is 2.38. The number of carbonyl (C=O) groups is 1. The van der Waals surface area contributed by atoms with Gasteiger partial charge in [0.1, 0.15) is 13.2 Å². The van der Waals surface area contributed by atoms with Gasteiger partial charge < -0.3 is 44.2 Å². The summed E-state index contributed by atoms with van der Waals surface area (Å²) < 4.78 is 23.1. The zero-order valence-corrected chi connectivity index (χ0v) is 35.8. The van der Waals surface area contributed by atoms with Gasteiger partial charge in [-0.15, -0.1) is 0 Å². The first-order valence-electron chi connectivity index (χ1n) is 21.3. The molecule has 1 unspecified atom stereocenters. The second kappa shape index (κ2) is 30.4. The molecule has 55 heavy (non-hydrogen) atoms. The number of quaternary nitrogens is 1. The second-order valence-corrected chi connectivity index (χ2v) is 17.7. The van der Waals surface area contributed by atoms with Crippen molar-refractivity contribution in [1.29, 1.82) is 0 Å². The Kier molecular flexibility index (Phi) is 28.4. The minimum atomic E-state index is -4.66. The number of unbranched alkanes of at least 4 members (excludes halogenated alkanes) is 11. The van der Waals surface area contributed by atoms with Crippen molar-refractivity contribution in [1.82, 2.24) is 5.32 Å². The average Bonchev–Trinajstić information content (AvgIpc) is 3.39. The Bertz CT molecular complexity index is 1160. The van der Waals surface area contributed by atoms with Crippen molar-refractivity contribution in [2.75, 3.05) is 40.9 Å². The molecule has 8 atom stereocenters. The van der Waals surface area contributed by atoms with Crippen molar-refractivity contribution in [3.05, 3.63) is 48.6 Å². The van der Waals surface area contributed by atoms with Crippen LogP contribution < -0.4 is 10.2 Å². The van der Waals surface area contributed by atoms with E-state index in [0.717, 1.165) is 57.8 Å². The van der Waals surface area contributed by atoms with Crippen LogP contribution >= 0.6 is 7.82 Å². The first kappa shape index (κ1) is 51.4. The minimum absolute atomic E-state index is 0.0484. The highest BCUT2D eigenvalue weighted by molar-refractivity contribution is 7.45. The van der Waals surface area contributed by atoms with E-state index in [4.69, 9.17) is 9.05 Å². The maximum absolute atomic E-state index is 12.9. The van der Waals surface area contributed by atoms with Crippen molar-refractivity contribution in [3.63, 3.8) is 0 Å². The second-order valence-electron chi connectivity index (χ2n) is 16.3. The van der Waals surface area contributed by atoms with Gasteiger partial charge in [-0.25, -0.2) is 0 Å². The van der Waals surface area contributed by atoms with E-state index >= 15 is 0 Å². The fourth-order valence-electron chi connectivity index (χ4n) is 6.56. The molecule has 0 radical (unpaired) electrons. The van der Waals surface area contributed by atoms with Crippen LogP contribution in [-0.2, 0) is 18.4 Å². The first-order chi connectivity index (χ1) is 26.2. The molecule has 1 rings (SSSR count). The fraction of sp³-hybridized carbons (Fsp3) is 0.791. The maximum atomic E-state index is 12.9. The highest BCUT2D eigenvalue weighted by atomic mass is 31.2. The Labute approximate surface area is 334 Å². The van der Waals surface area contributed by atoms with Gasteiger partial charge in [-0.3, -0.25) is 9.36 Å². The number of hydrogen-bond donors (Lipinski definition) is 5. The van der Waals surface area contributed by atoms with Gasteiger partial charge in [0, 0.05) is 18.8 Å². The number of phosphoric acid groups is 1. The molecule has 0 aromatic carbocycles. The zero-order chi connectivity index (χ0) is 41.0. The Morgan fingerprint density at radius 1 is 0.818 bits per heavy atom. The summed E-state index contributed by atoms with van der Waals surface area (Å²) in [6.45, 7) is 4.25. The number of amides is 1. The third-order valence-corrected chi connectivity index (χ3v) is 11.0. The topological polar surface area (TPSA) is 169 Å². The van der Waals surface area contributed by atoms with E-state index < -0.39 is 44.9 Å². The molecule has 0 aliphatic heterocycles. The average molecular weight is 799 g/mol. The van der Waals surface area contributed by atoms with Crippen LogP contribution in [-0.4, -0.2) is 102 Å². The number of carbonyl (C=O) groups excluding carboxylic acids is 1. The lowest BCUT2D eigenvalue weighted by atomic mass is 9.89. The van der Waals surface area contributed by atoms with E-state index in [0.29, 0.717) is 43.1 Å². The van der Waals surface area contributed by atoms with Crippen LogP contribution in [0.3, 0.4) is 0 Å². The molecule has 0 heterocycles. The van der Waals surface area contributed by atoms with Crippen molar-refractivity contribution in [2.24, 2.45) is 11.8 Å². The van der Waals surface area contributed by atoms with Gasteiger partial charge in [-0.1, -0.05) is 114 Å². The molecule has 1 fully saturated rings. The van der Waals surface area contributed by atoms with Crippen molar-refractivity contribution >= 4 is 13.7 Å². The van der Waals surface area contributed by atoms with Crippen LogP contribution in [0.2, 0.25) is 0 Å². The van der Waals surface area contributed by atoms with Crippen LogP contribution in [0.1, 0.15) is 136 Å². The third kappa shape index (κ3) is 26.8. The summed E-state index contributed by atoms with van der Waals surface area (Å²) in [5, 5.41) is 45.1. The van der Waals surface area contributed by atoms with Crippen molar-refractivity contribution in [2.45, 2.75) is 166 Å². The Balaban J connectivity index is 2.62. The van der Waals surface area contributed by atoms with Gasteiger partial charge in [0.05, 0.1) is 58.2 Å². The summed E-state index contributed by atoms with van der Waals surface area (Å²) in [5.41, 5.74) is 0. The molecular weight excluding hydrogens is 719 g/mol. The van der Waals surface area contributed by atoms with Crippen molar-refractivity contribution in [3.8, 4) is 0 Å². The monoisotopic (exact) mass is 799 g/mol. The Hall–Kier alpha value is -1.66. The molecule has 0 aromatic rings. The summed E-state index contributed by atoms with van der Waals surface area (Å²) in [6, 6.07) is -0.986. The normalized spacial score (nSPS) is 22.3. The maximum Gasteiger partial charge on any atom is 0.268 e. The highest BCUT2D eigenvalue weighted by Gasteiger charge is 2.39. The van der Waals surface area contributed by atoms with Gasteiger partial charge in [0.15, 0.2) is 0 Å². The number of rotatable bonds is 33. The molecule has 1 amide bonds. The van der Waals surface area contributed by atoms with E-state index in [-0.39, 0.29) is 30.8 Å². The first-order valence-corrected chi connectivity index (χ1v) is 22.7. The van der Waals surface area contributed by atoms with E-state index in [1.54, 1.807) is 12.2 Å². The number of phosphoric ester groups is 1. The quantitative estimate of drug-likeness (QED) is 0.0202. The molecule has 0 spiro atoms. The van der Waals surface area contributed by atoms with Gasteiger partial charge in [0.25, 0.3) is 7.82 Å². The molecule has 0 aromatic heterocycles. The summed E-state index contributed by atoms with van der Waals surface area (Å²) in [5.74, 6) is -0.736. The number of aliphatic hydroxyl groups is 4. The van der Waals surface area contributed by atoms with Crippen LogP contribution in [0, 0.1) is 11.8 Å². The minimum Gasteiger partial charge on any atom is -0.756 e. The van der Waals surface area contributed by atoms with Gasteiger partial charge in [-0.05, 0) is 63.7 Å². The predicted octanol–water partition coefficient (Wildman–Crippen LogP) is 7.05. The number of nitrogens with zero attached hydrogens (tertiary/aromatic N) is 1. The molecule has 1 aliphatic rings. The number of hydrogen-bond acceptors (Lipinski definition) is 9. The van der Waals surface area contributed by atoms with Gasteiger partial charge in [-0.2, -0.15) is 0 Å². The summed E-state index contributed by atoms with van der Waals surface area (Å²) in [4.78, 5) is 25.4. The lowest BCUT2D eigenvalue weighted by Gasteiger charge is -2.29. The number of nitrogens with one attached hydrogen (secondary N) is 1. The molecule has 12 heteroatoms. The van der Waals surface area contributed by atoms with Crippen LogP contribution in [0.5, 0.6) is 0 Å². The standard InChI is InChI=1S/C43H79N2O9P/c1-6-8-10-11-12-13-14-15-16-17-18-19-24-28-40(47)39(35-54-55(51,52)53-33-32-45(3,4)5)44-43(50)29-25-21-20-23-27-37-38(42(49)34-41(37)48)31-30-36(46)26-22-9-7-2/h10-11,20,23-24,28,30-31,36-42,46-49H,6-9,12-19,21-22,25-27,29,32-35H2,1-5H3,(H-,44,50,51,52)/b11-10-,23-20+,28-24+,31-30+/t36-,37+,38+,39-,40+,41-,42+/m0/s1. The largest absolute Gasteiger partial charge is 0.756 e. The van der Waals surface area contributed by atoms with E-state index in [2.05, 4.69) is 31.3 Å². The Morgan fingerprint density at radius 3 is 2.13 bits per heavy atom. The zero-order valence-electron chi connectivity index (χ0n) is 34.9. The third-order valence-electron chi connectivity index (χ3n) is 10.1. The van der Waals surface area contributed by atoms with E-state index in [9.17, 15) is 34.7 Å². The molecule has 0 saturated heterocycles. The number of likely N-dealkylation sites (N-methyl/N-ethyl adjacent to an activating group) is 1. The molecule has 0 bridgehead atoms. The molecule has 1 aliphatic carbocycles. The van der Waals surface area contributed by atoms with Crippen LogP contribution in [0.25, 0.3) is 0 Å². The van der Waals surface area contributed by atoms with Crippen LogP contribution in [0.4, 0.5) is 0 Å². The van der Waals surface area contributed by atoms with Gasteiger partial charge >= 0.3 is 0 Å². The summed E-state index contributed by atoms with van der Waals surface area (Å²) in [6.07, 6.45) is 29.6. The van der Waals surface area contributed by atoms with Crippen molar-refractivity contribution < 1.29 is 48.2 Å². The predicted molar refractivity (Wildman–Crippen MR) is 221 cm³/mol. The summed E-state index contributed by atoms with van der Waals surface area (Å²) in [7, 11) is 1.10. The molecular formula is C43H79N2O9P. The smallest absolute Gasteiger partial charge is 0.268 e. The number of aliphatic hydroxyl groups excluding tert-OH is 4. The molecule has 1 saturated carbocycles. The SMILES string of the molecule is CCC/C=C\CCCCCCCC/C=C/[C@@H](O)[C@H](COP(=O)([O-])OCC[N+](C)(C)C)NC(=O)CCC/C=C/C[C@@H]1[C@@H](/C=C/[C@@H](O)CCCCC)[C@H](O)C[C@@H]1O. The molecule has 11 nitrogen and oxygen atoms in total.